The lowest BCUT2D eigenvalue weighted by Crippen LogP contribution is -2.44. The SMILES string of the molecule is CN1C(=O)C2CC(CN2Cc2ccc(C(=O)O)cc2)Oc2ccccc21. The highest BCUT2D eigenvalue weighted by Gasteiger charge is 2.41. The van der Waals surface area contributed by atoms with E-state index in [2.05, 4.69) is 4.90 Å². The molecule has 0 aromatic heterocycles. The van der Waals surface area contributed by atoms with Gasteiger partial charge in [0, 0.05) is 26.6 Å². The number of hydrogen-bond donors (Lipinski definition) is 1. The normalized spacial score (nSPS) is 22.3. The van der Waals surface area contributed by atoms with E-state index in [1.165, 1.54) is 0 Å². The van der Waals surface area contributed by atoms with Gasteiger partial charge in [-0.15, -0.1) is 0 Å². The lowest BCUT2D eigenvalue weighted by atomic mass is 10.1. The predicted octanol–water partition coefficient (Wildman–Crippen LogP) is 2.38. The van der Waals surface area contributed by atoms with Crippen molar-refractivity contribution in [3.8, 4) is 5.75 Å². The Bertz CT molecular complexity index is 849. The Morgan fingerprint density at radius 2 is 1.92 bits per heavy atom. The van der Waals surface area contributed by atoms with Gasteiger partial charge in [-0.25, -0.2) is 4.79 Å². The second kappa shape index (κ2) is 6.46. The standard InChI is InChI=1S/C20H20N2O4/c1-21-16-4-2-3-5-18(16)26-15-10-17(19(21)23)22(12-15)11-13-6-8-14(9-7-13)20(24)25/h2-9,15,17H,10-12H2,1H3,(H,24,25). The molecule has 0 radical (unpaired) electrons. The fourth-order valence-corrected chi connectivity index (χ4v) is 3.72. The predicted molar refractivity (Wildman–Crippen MR) is 96.5 cm³/mol. The van der Waals surface area contributed by atoms with E-state index in [0.717, 1.165) is 17.0 Å². The number of para-hydroxylation sites is 2. The Morgan fingerprint density at radius 1 is 1.19 bits per heavy atom. The summed E-state index contributed by atoms with van der Waals surface area (Å²) in [7, 11) is 1.78. The van der Waals surface area contributed by atoms with Gasteiger partial charge in [0.1, 0.15) is 11.9 Å². The van der Waals surface area contributed by atoms with Crippen LogP contribution in [-0.4, -0.2) is 47.6 Å². The Balaban J connectivity index is 1.57. The number of aromatic carboxylic acids is 1. The van der Waals surface area contributed by atoms with Gasteiger partial charge in [-0.3, -0.25) is 9.69 Å². The number of carboxylic acid groups (broad SMARTS) is 1. The van der Waals surface area contributed by atoms with Crippen molar-refractivity contribution in [1.82, 2.24) is 4.90 Å². The summed E-state index contributed by atoms with van der Waals surface area (Å²) >= 11 is 0. The summed E-state index contributed by atoms with van der Waals surface area (Å²) in [5.74, 6) is -0.144. The average molecular weight is 352 g/mol. The van der Waals surface area contributed by atoms with E-state index in [9.17, 15) is 9.59 Å². The fourth-order valence-electron chi connectivity index (χ4n) is 3.72. The van der Waals surface area contributed by atoms with Crippen molar-refractivity contribution in [3.63, 3.8) is 0 Å². The summed E-state index contributed by atoms with van der Waals surface area (Å²) < 4.78 is 6.15. The minimum Gasteiger partial charge on any atom is -0.487 e. The lowest BCUT2D eigenvalue weighted by Gasteiger charge is -2.29. The molecule has 1 N–H and O–H groups in total. The van der Waals surface area contributed by atoms with E-state index in [1.54, 1.807) is 36.2 Å². The zero-order chi connectivity index (χ0) is 18.3. The molecule has 2 aliphatic heterocycles. The van der Waals surface area contributed by atoms with Crippen LogP contribution >= 0.6 is 0 Å². The van der Waals surface area contributed by atoms with Crippen LogP contribution in [0.2, 0.25) is 0 Å². The Hall–Kier alpha value is -2.86. The molecule has 2 atom stereocenters. The maximum Gasteiger partial charge on any atom is 0.335 e. The minimum atomic E-state index is -0.940. The van der Waals surface area contributed by atoms with Gasteiger partial charge in [0.05, 0.1) is 17.3 Å². The third-order valence-electron chi connectivity index (χ3n) is 5.09. The molecule has 1 fully saturated rings. The van der Waals surface area contributed by atoms with Gasteiger partial charge in [0.2, 0.25) is 5.91 Å². The second-order valence-corrected chi connectivity index (χ2v) is 6.79. The summed E-state index contributed by atoms with van der Waals surface area (Å²) in [6.07, 6.45) is 0.627. The Morgan fingerprint density at radius 3 is 2.65 bits per heavy atom. The number of benzene rings is 2. The molecule has 2 aliphatic rings. The smallest absolute Gasteiger partial charge is 0.335 e. The second-order valence-electron chi connectivity index (χ2n) is 6.79. The highest BCUT2D eigenvalue weighted by Crippen LogP contribution is 2.35. The number of amides is 1. The number of nitrogens with zero attached hydrogens (tertiary/aromatic N) is 2. The van der Waals surface area contributed by atoms with Crippen molar-refractivity contribution in [1.29, 1.82) is 0 Å². The van der Waals surface area contributed by atoms with Crippen LogP contribution in [0.3, 0.4) is 0 Å². The van der Waals surface area contributed by atoms with Crippen LogP contribution in [0.4, 0.5) is 5.69 Å². The number of carbonyl (C=O) groups excluding carboxylic acids is 1. The topological polar surface area (TPSA) is 70.1 Å². The highest BCUT2D eigenvalue weighted by molar-refractivity contribution is 5.98. The van der Waals surface area contributed by atoms with E-state index in [1.807, 2.05) is 24.3 Å². The van der Waals surface area contributed by atoms with Crippen LogP contribution in [0.1, 0.15) is 22.3 Å². The molecular formula is C20H20N2O4. The van der Waals surface area contributed by atoms with Crippen LogP contribution in [0.25, 0.3) is 0 Å². The largest absolute Gasteiger partial charge is 0.487 e. The van der Waals surface area contributed by atoms with Gasteiger partial charge in [-0.1, -0.05) is 24.3 Å². The number of ether oxygens (including phenoxy) is 1. The van der Waals surface area contributed by atoms with Gasteiger partial charge >= 0.3 is 5.97 Å². The van der Waals surface area contributed by atoms with Crippen LogP contribution in [-0.2, 0) is 11.3 Å². The molecule has 0 spiro atoms. The van der Waals surface area contributed by atoms with Crippen molar-refractivity contribution in [3.05, 3.63) is 59.7 Å². The zero-order valence-corrected chi connectivity index (χ0v) is 14.5. The molecule has 0 aliphatic carbocycles. The third kappa shape index (κ3) is 2.93. The van der Waals surface area contributed by atoms with Gasteiger partial charge in [-0.05, 0) is 29.8 Å². The molecule has 4 rings (SSSR count). The van der Waals surface area contributed by atoms with Gasteiger partial charge < -0.3 is 14.7 Å². The van der Waals surface area contributed by atoms with Gasteiger partial charge in [0.25, 0.3) is 0 Å². The number of anilines is 1. The van der Waals surface area contributed by atoms with Crippen molar-refractivity contribution in [2.75, 3.05) is 18.5 Å². The molecule has 134 valence electrons. The van der Waals surface area contributed by atoms with Crippen molar-refractivity contribution < 1.29 is 19.4 Å². The number of likely N-dealkylation sites (N-methyl/N-ethyl adjacent to an activating group) is 1. The van der Waals surface area contributed by atoms with Crippen LogP contribution in [0, 0.1) is 0 Å². The summed E-state index contributed by atoms with van der Waals surface area (Å²) in [6, 6.07) is 14.2. The van der Waals surface area contributed by atoms with Crippen molar-refractivity contribution >= 4 is 17.6 Å². The van der Waals surface area contributed by atoms with E-state index in [0.29, 0.717) is 19.5 Å². The lowest BCUT2D eigenvalue weighted by molar-refractivity contribution is -0.122. The number of rotatable bonds is 3. The van der Waals surface area contributed by atoms with Crippen molar-refractivity contribution in [2.24, 2.45) is 0 Å². The quantitative estimate of drug-likeness (QED) is 0.918. The van der Waals surface area contributed by atoms with Crippen LogP contribution in [0.5, 0.6) is 5.75 Å². The van der Waals surface area contributed by atoms with E-state index >= 15 is 0 Å². The first-order valence-corrected chi connectivity index (χ1v) is 8.62. The highest BCUT2D eigenvalue weighted by atomic mass is 16.5. The van der Waals surface area contributed by atoms with Crippen LogP contribution in [0.15, 0.2) is 48.5 Å². The van der Waals surface area contributed by atoms with Crippen LogP contribution < -0.4 is 9.64 Å². The average Bonchev–Trinajstić information content (AvgIpc) is 3.04. The maximum absolute atomic E-state index is 13.0. The summed E-state index contributed by atoms with van der Waals surface area (Å²) in [5, 5.41) is 9.02. The molecule has 1 amide bonds. The number of carbonyl (C=O) groups is 2. The van der Waals surface area contributed by atoms with Gasteiger partial charge in [-0.2, -0.15) is 0 Å². The molecule has 6 heteroatoms. The maximum atomic E-state index is 13.0. The number of carboxylic acids is 1. The molecule has 2 heterocycles. The molecule has 1 saturated heterocycles. The molecule has 2 aromatic rings. The first-order valence-electron chi connectivity index (χ1n) is 8.62. The van der Waals surface area contributed by atoms with E-state index < -0.39 is 5.97 Å². The molecule has 26 heavy (non-hydrogen) atoms. The number of likely N-dealkylation sites (tertiary alicyclic amines) is 1. The number of fused-ring (bicyclic) bond motifs is 3. The molecule has 6 nitrogen and oxygen atoms in total. The zero-order valence-electron chi connectivity index (χ0n) is 14.5. The van der Waals surface area contributed by atoms with Gasteiger partial charge in [0.15, 0.2) is 0 Å². The fraction of sp³-hybridized carbons (Fsp3) is 0.300. The summed E-state index contributed by atoms with van der Waals surface area (Å²) in [4.78, 5) is 27.8. The minimum absolute atomic E-state index is 0.0305. The van der Waals surface area contributed by atoms with Crippen molar-refractivity contribution in [2.45, 2.75) is 25.1 Å². The molecule has 2 unspecified atom stereocenters. The monoisotopic (exact) mass is 352 g/mol. The van der Waals surface area contributed by atoms with E-state index in [4.69, 9.17) is 9.84 Å². The van der Waals surface area contributed by atoms with E-state index in [-0.39, 0.29) is 23.6 Å². The molecule has 2 aromatic carbocycles. The first kappa shape index (κ1) is 16.6. The first-order chi connectivity index (χ1) is 12.5. The molecule has 2 bridgehead atoms. The summed E-state index contributed by atoms with van der Waals surface area (Å²) in [6.45, 7) is 1.25. The Kier molecular flexibility index (Phi) is 4.12. The molecular weight excluding hydrogens is 332 g/mol. The summed E-state index contributed by atoms with van der Waals surface area (Å²) in [5.41, 5.74) is 2.03. The number of hydrogen-bond acceptors (Lipinski definition) is 4. The Labute approximate surface area is 151 Å². The molecule has 0 saturated carbocycles. The third-order valence-corrected chi connectivity index (χ3v) is 5.09.